The van der Waals surface area contributed by atoms with E-state index in [0.717, 1.165) is 31.7 Å². The number of hydrogen-bond donors (Lipinski definition) is 3. The normalized spacial score (nSPS) is 15.5. The van der Waals surface area contributed by atoms with E-state index in [0.29, 0.717) is 34.1 Å². The van der Waals surface area contributed by atoms with Crippen LogP contribution < -0.4 is 15.5 Å². The lowest BCUT2D eigenvalue weighted by atomic mass is 10.1. The summed E-state index contributed by atoms with van der Waals surface area (Å²) in [4.78, 5) is 15.9. The van der Waals surface area contributed by atoms with Crippen molar-refractivity contribution >= 4 is 17.3 Å². The van der Waals surface area contributed by atoms with Gasteiger partial charge in [-0.25, -0.2) is 15.0 Å². The number of benzene rings is 1. The molecule has 5 rings (SSSR count). The molecule has 1 unspecified atom stereocenters. The van der Waals surface area contributed by atoms with Crippen molar-refractivity contribution in [1.82, 2.24) is 24.7 Å². The van der Waals surface area contributed by atoms with Gasteiger partial charge in [0.05, 0.1) is 35.8 Å². The maximum atomic E-state index is 10.1. The number of piperazine rings is 1. The van der Waals surface area contributed by atoms with Crippen LogP contribution in [0.3, 0.4) is 0 Å². The summed E-state index contributed by atoms with van der Waals surface area (Å²) in [7, 11) is 0. The molecular formula is C26H28N8O. The van der Waals surface area contributed by atoms with Gasteiger partial charge in [-0.1, -0.05) is 18.2 Å². The van der Waals surface area contributed by atoms with Gasteiger partial charge in [0.1, 0.15) is 17.4 Å². The Morgan fingerprint density at radius 2 is 1.86 bits per heavy atom. The van der Waals surface area contributed by atoms with E-state index in [2.05, 4.69) is 67.7 Å². The first-order valence-corrected chi connectivity index (χ1v) is 11.8. The highest BCUT2D eigenvalue weighted by atomic mass is 16.3. The molecule has 0 bridgehead atoms. The van der Waals surface area contributed by atoms with Crippen molar-refractivity contribution in [3.8, 4) is 17.5 Å². The number of nitrogens with zero attached hydrogens (tertiary/aromatic N) is 6. The molecular weight excluding hydrogens is 440 g/mol. The summed E-state index contributed by atoms with van der Waals surface area (Å²) in [5, 5.41) is 26.5. The molecule has 1 aromatic carbocycles. The summed E-state index contributed by atoms with van der Waals surface area (Å²) in [6.07, 6.45) is 4.39. The van der Waals surface area contributed by atoms with E-state index in [1.807, 2.05) is 22.7 Å². The number of aromatic nitrogens is 4. The Balaban J connectivity index is 1.41. The number of pyridine rings is 1. The third-order valence-corrected chi connectivity index (χ3v) is 6.39. The number of aliphatic hydroxyl groups is 1. The average molecular weight is 469 g/mol. The first kappa shape index (κ1) is 22.8. The summed E-state index contributed by atoms with van der Waals surface area (Å²) >= 11 is 0. The zero-order valence-corrected chi connectivity index (χ0v) is 19.8. The summed E-state index contributed by atoms with van der Waals surface area (Å²) in [5.74, 6) is 0.430. The van der Waals surface area contributed by atoms with E-state index in [1.54, 1.807) is 13.1 Å². The number of imidazole rings is 1. The van der Waals surface area contributed by atoms with Gasteiger partial charge in [-0.05, 0) is 37.6 Å². The van der Waals surface area contributed by atoms with Crippen LogP contribution in [0, 0.1) is 11.3 Å². The molecule has 178 valence electrons. The Labute approximate surface area is 204 Å². The quantitative estimate of drug-likeness (QED) is 0.395. The Morgan fingerprint density at radius 3 is 2.57 bits per heavy atom. The Morgan fingerprint density at radius 1 is 1.09 bits per heavy atom. The number of fused-ring (bicyclic) bond motifs is 1. The second-order valence-electron chi connectivity index (χ2n) is 8.74. The van der Waals surface area contributed by atoms with E-state index in [1.165, 1.54) is 11.9 Å². The van der Waals surface area contributed by atoms with E-state index < -0.39 is 6.10 Å². The van der Waals surface area contributed by atoms with Gasteiger partial charge >= 0.3 is 0 Å². The third-order valence-electron chi connectivity index (χ3n) is 6.39. The molecule has 9 heteroatoms. The minimum Gasteiger partial charge on any atom is -0.389 e. The van der Waals surface area contributed by atoms with Crippen LogP contribution in [0.15, 0.2) is 55.0 Å². The summed E-state index contributed by atoms with van der Waals surface area (Å²) in [6, 6.07) is 14.4. The Kier molecular flexibility index (Phi) is 6.31. The van der Waals surface area contributed by atoms with Crippen molar-refractivity contribution in [2.45, 2.75) is 26.0 Å². The van der Waals surface area contributed by atoms with Crippen molar-refractivity contribution in [3.05, 3.63) is 71.7 Å². The molecule has 3 aromatic heterocycles. The topological polar surface area (TPSA) is 114 Å². The smallest absolute Gasteiger partial charge is 0.223 e. The predicted octanol–water partition coefficient (Wildman–Crippen LogP) is 3.30. The molecule has 4 aromatic rings. The highest BCUT2D eigenvalue weighted by molar-refractivity contribution is 5.68. The van der Waals surface area contributed by atoms with Gasteiger partial charge < -0.3 is 20.6 Å². The molecule has 1 aliphatic rings. The largest absolute Gasteiger partial charge is 0.389 e. The van der Waals surface area contributed by atoms with Crippen LogP contribution in [0.5, 0.6) is 0 Å². The van der Waals surface area contributed by atoms with Crippen molar-refractivity contribution in [2.75, 3.05) is 36.4 Å². The number of nitrogens with one attached hydrogen (secondary N) is 2. The first-order chi connectivity index (χ1) is 17.0. The first-order valence-electron chi connectivity index (χ1n) is 11.8. The molecule has 0 amide bonds. The molecule has 35 heavy (non-hydrogen) atoms. The lowest BCUT2D eigenvalue weighted by Crippen LogP contribution is -2.43. The number of aliphatic hydroxyl groups excluding tert-OH is 1. The summed E-state index contributed by atoms with van der Waals surface area (Å²) < 4.78 is 1.84. The van der Waals surface area contributed by atoms with E-state index >= 15 is 0 Å². The fourth-order valence-corrected chi connectivity index (χ4v) is 4.44. The van der Waals surface area contributed by atoms with Gasteiger partial charge in [0, 0.05) is 43.6 Å². The van der Waals surface area contributed by atoms with Gasteiger partial charge in [0.2, 0.25) is 5.95 Å². The summed E-state index contributed by atoms with van der Waals surface area (Å²) in [6.45, 7) is 7.79. The number of anilines is 2. The molecule has 0 saturated carbocycles. The van der Waals surface area contributed by atoms with Crippen molar-refractivity contribution in [1.29, 1.82) is 5.26 Å². The zero-order chi connectivity index (χ0) is 24.4. The second-order valence-corrected chi connectivity index (χ2v) is 8.74. The monoisotopic (exact) mass is 468 g/mol. The van der Waals surface area contributed by atoms with Crippen LogP contribution in [0.4, 0.5) is 11.6 Å². The van der Waals surface area contributed by atoms with E-state index in [9.17, 15) is 10.4 Å². The number of rotatable bonds is 6. The molecule has 0 aliphatic carbocycles. The minimum atomic E-state index is -0.661. The fourth-order valence-electron chi connectivity index (χ4n) is 4.44. The zero-order valence-electron chi connectivity index (χ0n) is 19.8. The molecule has 9 nitrogen and oxygen atoms in total. The van der Waals surface area contributed by atoms with Gasteiger partial charge in [0.15, 0.2) is 0 Å². The molecule has 4 heterocycles. The van der Waals surface area contributed by atoms with Gasteiger partial charge in [-0.2, -0.15) is 5.26 Å². The van der Waals surface area contributed by atoms with Crippen LogP contribution in [-0.2, 0) is 0 Å². The summed E-state index contributed by atoms with van der Waals surface area (Å²) in [5.41, 5.74) is 5.19. The van der Waals surface area contributed by atoms with Crippen molar-refractivity contribution in [2.24, 2.45) is 0 Å². The molecule has 0 radical (unpaired) electrons. The molecule has 1 saturated heterocycles. The minimum absolute atomic E-state index is 0.0307. The van der Waals surface area contributed by atoms with Crippen molar-refractivity contribution in [3.63, 3.8) is 0 Å². The lowest BCUT2D eigenvalue weighted by molar-refractivity contribution is 0.200. The molecule has 3 N–H and O–H groups in total. The van der Waals surface area contributed by atoms with Crippen LogP contribution in [0.25, 0.3) is 17.0 Å². The molecule has 2 atom stereocenters. The third kappa shape index (κ3) is 4.54. The highest BCUT2D eigenvalue weighted by Gasteiger charge is 2.18. The second kappa shape index (κ2) is 9.70. The SMILES string of the molecule is CC(O)c1cccn2c(-c3nc(N[C@@H](C)c4ccc(N5CCNCC5)cc4)ncc3C#N)cnc12. The van der Waals surface area contributed by atoms with Crippen LogP contribution in [-0.4, -0.2) is 50.6 Å². The van der Waals surface area contributed by atoms with Gasteiger partial charge in [-0.3, -0.25) is 4.40 Å². The van der Waals surface area contributed by atoms with Crippen LogP contribution in [0.2, 0.25) is 0 Å². The van der Waals surface area contributed by atoms with Gasteiger partial charge in [-0.15, -0.1) is 0 Å². The predicted molar refractivity (Wildman–Crippen MR) is 135 cm³/mol. The Hall–Kier alpha value is -4.00. The van der Waals surface area contributed by atoms with Crippen LogP contribution >= 0.6 is 0 Å². The molecule has 0 spiro atoms. The Bertz CT molecular complexity index is 1370. The van der Waals surface area contributed by atoms with Crippen LogP contribution in [0.1, 0.15) is 42.7 Å². The number of nitriles is 1. The molecule has 1 aliphatic heterocycles. The van der Waals surface area contributed by atoms with E-state index in [-0.39, 0.29) is 6.04 Å². The number of hydrogen-bond acceptors (Lipinski definition) is 8. The standard InChI is InChI=1S/C26H28N8O/c1-17(19-5-7-21(8-6-19)33-12-9-28-10-13-33)31-26-30-15-20(14-27)24(32-26)23-16-29-25-22(18(2)35)4-3-11-34(23)25/h3-8,11,15-18,28,35H,9-10,12-13H2,1-2H3,(H,30,31,32)/t17-,18?/m0/s1. The average Bonchev–Trinajstić information content (AvgIpc) is 3.33. The maximum absolute atomic E-state index is 10.1. The van der Waals surface area contributed by atoms with Gasteiger partial charge in [0.25, 0.3) is 0 Å². The van der Waals surface area contributed by atoms with Crippen molar-refractivity contribution < 1.29 is 5.11 Å². The maximum Gasteiger partial charge on any atom is 0.223 e. The fraction of sp³-hybridized carbons (Fsp3) is 0.308. The highest BCUT2D eigenvalue weighted by Crippen LogP contribution is 2.28. The lowest BCUT2D eigenvalue weighted by Gasteiger charge is -2.29. The molecule has 1 fully saturated rings. The van der Waals surface area contributed by atoms with E-state index in [4.69, 9.17) is 0 Å².